The highest BCUT2D eigenvalue weighted by atomic mass is 16.5. The first kappa shape index (κ1) is 19.2. The lowest BCUT2D eigenvalue weighted by Crippen LogP contribution is -2.53. The van der Waals surface area contributed by atoms with E-state index in [4.69, 9.17) is 9.47 Å². The van der Waals surface area contributed by atoms with Gasteiger partial charge in [0.15, 0.2) is 0 Å². The molecule has 0 spiro atoms. The molecular formula is C23H28O5. The zero-order chi connectivity index (χ0) is 20.3. The van der Waals surface area contributed by atoms with Gasteiger partial charge in [0.05, 0.1) is 5.60 Å². The molecule has 1 N–H and O–H groups in total. The van der Waals surface area contributed by atoms with Crippen LogP contribution in [0.25, 0.3) is 0 Å². The van der Waals surface area contributed by atoms with Crippen LogP contribution in [-0.4, -0.2) is 23.1 Å². The average molecular weight is 384 g/mol. The standard InChI is InChI=1S/C23H28O5/c1-13-11-20(28-15(3)25)22(4)9-10-23(26)18-8-6-17(27-14(2)24)12-16(18)5-7-19(23)21(13)22/h6,8,12,19-21,26H,1,5,7,9-11H2,2-4H3/t19-,20-,21+,22-,23+/m1/s1. The summed E-state index contributed by atoms with van der Waals surface area (Å²) in [6, 6.07) is 5.55. The van der Waals surface area contributed by atoms with Crippen LogP contribution in [0, 0.1) is 17.3 Å². The van der Waals surface area contributed by atoms with Crippen molar-refractivity contribution in [2.24, 2.45) is 17.3 Å². The van der Waals surface area contributed by atoms with Crippen LogP contribution in [0.3, 0.4) is 0 Å². The van der Waals surface area contributed by atoms with E-state index in [-0.39, 0.29) is 35.3 Å². The van der Waals surface area contributed by atoms with Crippen molar-refractivity contribution in [2.45, 2.75) is 64.6 Å². The van der Waals surface area contributed by atoms with Crippen molar-refractivity contribution in [1.29, 1.82) is 0 Å². The third-order valence-corrected chi connectivity index (χ3v) is 7.23. The van der Waals surface area contributed by atoms with E-state index in [0.717, 1.165) is 36.0 Å². The molecule has 0 saturated heterocycles. The molecule has 0 amide bonds. The van der Waals surface area contributed by atoms with Crippen molar-refractivity contribution in [3.8, 4) is 5.75 Å². The Morgan fingerprint density at radius 2 is 1.96 bits per heavy atom. The zero-order valence-electron chi connectivity index (χ0n) is 16.8. The number of carbonyl (C=O) groups is 2. The number of ether oxygens (including phenoxy) is 2. The van der Waals surface area contributed by atoms with Crippen LogP contribution in [-0.2, 0) is 26.3 Å². The van der Waals surface area contributed by atoms with Crippen molar-refractivity contribution in [3.05, 3.63) is 41.5 Å². The van der Waals surface area contributed by atoms with E-state index in [1.807, 2.05) is 12.1 Å². The summed E-state index contributed by atoms with van der Waals surface area (Å²) < 4.78 is 10.9. The molecule has 2 fully saturated rings. The van der Waals surface area contributed by atoms with Gasteiger partial charge < -0.3 is 14.6 Å². The summed E-state index contributed by atoms with van der Waals surface area (Å²) >= 11 is 0. The molecule has 5 atom stereocenters. The Balaban J connectivity index is 1.69. The SMILES string of the molecule is C=C1C[C@@H](OC(C)=O)[C@@]2(C)CC[C@]3(O)c4ccc(OC(C)=O)cc4CC[C@@H]3[C@H]12. The monoisotopic (exact) mass is 384 g/mol. The zero-order valence-corrected chi connectivity index (χ0v) is 16.8. The van der Waals surface area contributed by atoms with Crippen molar-refractivity contribution in [3.63, 3.8) is 0 Å². The maximum atomic E-state index is 11.8. The molecule has 1 aromatic rings. The molecule has 150 valence electrons. The summed E-state index contributed by atoms with van der Waals surface area (Å²) in [6.45, 7) is 9.33. The van der Waals surface area contributed by atoms with Crippen LogP contribution in [0.4, 0.5) is 0 Å². The van der Waals surface area contributed by atoms with Gasteiger partial charge in [0.25, 0.3) is 0 Å². The molecule has 3 aliphatic rings. The molecule has 3 aliphatic carbocycles. The highest BCUT2D eigenvalue weighted by Gasteiger charge is 2.62. The van der Waals surface area contributed by atoms with Crippen molar-refractivity contribution in [2.75, 3.05) is 0 Å². The summed E-state index contributed by atoms with van der Waals surface area (Å²) in [7, 11) is 0. The van der Waals surface area contributed by atoms with Gasteiger partial charge in [-0.1, -0.05) is 25.1 Å². The minimum absolute atomic E-state index is 0.0476. The van der Waals surface area contributed by atoms with Gasteiger partial charge in [-0.05, 0) is 60.8 Å². The third kappa shape index (κ3) is 2.79. The minimum Gasteiger partial charge on any atom is -0.462 e. The summed E-state index contributed by atoms with van der Waals surface area (Å²) in [6.07, 6.45) is 3.54. The van der Waals surface area contributed by atoms with Gasteiger partial charge >= 0.3 is 11.9 Å². The molecular weight excluding hydrogens is 356 g/mol. The number of aryl methyl sites for hydroxylation is 1. The summed E-state index contributed by atoms with van der Waals surface area (Å²) in [5.41, 5.74) is 1.94. The predicted molar refractivity (Wildman–Crippen MR) is 104 cm³/mol. The fourth-order valence-electron chi connectivity index (χ4n) is 6.10. The largest absolute Gasteiger partial charge is 0.462 e. The summed E-state index contributed by atoms with van der Waals surface area (Å²) in [5, 5.41) is 11.8. The fraction of sp³-hybridized carbons (Fsp3) is 0.565. The van der Waals surface area contributed by atoms with E-state index in [2.05, 4.69) is 13.5 Å². The van der Waals surface area contributed by atoms with Crippen LogP contribution in [0.1, 0.15) is 57.6 Å². The second-order valence-electron chi connectivity index (χ2n) is 8.93. The number of aliphatic hydroxyl groups is 1. The van der Waals surface area contributed by atoms with Gasteiger partial charge in [-0.15, -0.1) is 0 Å². The highest BCUT2D eigenvalue weighted by molar-refractivity contribution is 5.69. The number of carbonyl (C=O) groups excluding carboxylic acids is 2. The van der Waals surface area contributed by atoms with Crippen LogP contribution >= 0.6 is 0 Å². The number of hydrogen-bond donors (Lipinski definition) is 1. The maximum absolute atomic E-state index is 11.8. The van der Waals surface area contributed by atoms with Gasteiger partial charge in [-0.3, -0.25) is 9.59 Å². The van der Waals surface area contributed by atoms with Crippen LogP contribution in [0.15, 0.2) is 30.4 Å². The molecule has 1 aromatic carbocycles. The molecule has 5 heteroatoms. The van der Waals surface area contributed by atoms with Gasteiger partial charge in [-0.2, -0.15) is 0 Å². The Kier molecular flexibility index (Phi) is 4.42. The molecule has 0 aromatic heterocycles. The second kappa shape index (κ2) is 6.45. The molecule has 28 heavy (non-hydrogen) atoms. The smallest absolute Gasteiger partial charge is 0.308 e. The minimum atomic E-state index is -0.930. The summed E-state index contributed by atoms with van der Waals surface area (Å²) in [4.78, 5) is 22.9. The Bertz CT molecular complexity index is 859. The molecule has 2 saturated carbocycles. The van der Waals surface area contributed by atoms with Gasteiger partial charge in [0, 0.05) is 25.7 Å². The molecule has 0 aliphatic heterocycles. The average Bonchev–Trinajstić information content (AvgIpc) is 2.84. The highest BCUT2D eigenvalue weighted by Crippen LogP contribution is 2.64. The van der Waals surface area contributed by atoms with E-state index < -0.39 is 5.60 Å². The van der Waals surface area contributed by atoms with Gasteiger partial charge in [0.1, 0.15) is 11.9 Å². The third-order valence-electron chi connectivity index (χ3n) is 7.23. The number of fused-ring (bicyclic) bond motifs is 5. The molecule has 0 unspecified atom stereocenters. The van der Waals surface area contributed by atoms with Crippen LogP contribution in [0.5, 0.6) is 5.75 Å². The maximum Gasteiger partial charge on any atom is 0.308 e. The van der Waals surface area contributed by atoms with E-state index in [1.54, 1.807) is 6.07 Å². The molecule has 5 nitrogen and oxygen atoms in total. The quantitative estimate of drug-likeness (QED) is 0.478. The predicted octanol–water partition coefficient (Wildman–Crippen LogP) is 3.67. The topological polar surface area (TPSA) is 72.8 Å². The second-order valence-corrected chi connectivity index (χ2v) is 8.93. The number of hydrogen-bond acceptors (Lipinski definition) is 5. The molecule has 4 rings (SSSR count). The lowest BCUT2D eigenvalue weighted by Gasteiger charge is -2.54. The first-order valence-corrected chi connectivity index (χ1v) is 10.0. The van der Waals surface area contributed by atoms with Gasteiger partial charge in [-0.25, -0.2) is 0 Å². The Hall–Kier alpha value is -2.14. The first-order chi connectivity index (χ1) is 13.1. The van der Waals surface area contributed by atoms with E-state index in [0.29, 0.717) is 18.6 Å². The lowest BCUT2D eigenvalue weighted by molar-refractivity contribution is -0.166. The van der Waals surface area contributed by atoms with E-state index >= 15 is 0 Å². The molecule has 0 bridgehead atoms. The molecule has 0 radical (unpaired) electrons. The fourth-order valence-corrected chi connectivity index (χ4v) is 6.10. The number of rotatable bonds is 2. The van der Waals surface area contributed by atoms with Crippen molar-refractivity contribution >= 4 is 11.9 Å². The Labute approximate surface area is 165 Å². The lowest BCUT2D eigenvalue weighted by atomic mass is 9.53. The van der Waals surface area contributed by atoms with E-state index in [9.17, 15) is 14.7 Å². The van der Waals surface area contributed by atoms with Crippen molar-refractivity contribution in [1.82, 2.24) is 0 Å². The molecule has 0 heterocycles. The van der Waals surface area contributed by atoms with Gasteiger partial charge in [0.2, 0.25) is 0 Å². The number of benzene rings is 1. The van der Waals surface area contributed by atoms with Crippen LogP contribution in [0.2, 0.25) is 0 Å². The summed E-state index contributed by atoms with van der Waals surface area (Å²) in [5.74, 6) is 0.0875. The van der Waals surface area contributed by atoms with E-state index in [1.165, 1.54) is 13.8 Å². The normalized spacial score (nSPS) is 36.1. The first-order valence-electron chi connectivity index (χ1n) is 10.0. The Morgan fingerprint density at radius 1 is 1.21 bits per heavy atom. The number of esters is 2. The Morgan fingerprint density at radius 3 is 2.64 bits per heavy atom. The van der Waals surface area contributed by atoms with Crippen LogP contribution < -0.4 is 4.74 Å². The van der Waals surface area contributed by atoms with Crippen molar-refractivity contribution < 1.29 is 24.2 Å².